The van der Waals surface area contributed by atoms with Crippen molar-refractivity contribution in [2.75, 3.05) is 6.54 Å². The molecule has 0 aliphatic heterocycles. The van der Waals surface area contributed by atoms with Gasteiger partial charge in [0.25, 0.3) is 0 Å². The highest BCUT2D eigenvalue weighted by Gasteiger charge is 2.30. The molecule has 2 rings (SSSR count). The van der Waals surface area contributed by atoms with Gasteiger partial charge in [-0.05, 0) is 42.1 Å². The summed E-state index contributed by atoms with van der Waals surface area (Å²) < 4.78 is 3.15. The average molecular weight is 330 g/mol. The molecular formula is C14H24BrN3O. The van der Waals surface area contributed by atoms with E-state index >= 15 is 0 Å². The molecule has 1 fully saturated rings. The molecule has 1 aromatic rings. The fourth-order valence-corrected chi connectivity index (χ4v) is 3.51. The molecule has 0 aromatic carbocycles. The van der Waals surface area contributed by atoms with E-state index in [1.807, 2.05) is 4.68 Å². The van der Waals surface area contributed by atoms with Crippen LogP contribution >= 0.6 is 15.9 Å². The third kappa shape index (κ3) is 3.38. The zero-order valence-corrected chi connectivity index (χ0v) is 13.5. The Bertz CT molecular complexity index is 425. The normalized spacial score (nSPS) is 18.1. The maximum atomic E-state index is 10.3. The number of aliphatic hydroxyl groups is 1. The van der Waals surface area contributed by atoms with Crippen molar-refractivity contribution in [3.8, 4) is 0 Å². The van der Waals surface area contributed by atoms with Gasteiger partial charge in [-0.25, -0.2) is 0 Å². The summed E-state index contributed by atoms with van der Waals surface area (Å²) in [5.41, 5.74) is 1.80. The molecule has 0 radical (unpaired) electrons. The quantitative estimate of drug-likeness (QED) is 0.843. The summed E-state index contributed by atoms with van der Waals surface area (Å²) in [6.45, 7) is 6.53. The number of nitrogens with zero attached hydrogens (tertiary/aromatic N) is 2. The smallest absolute Gasteiger partial charge is 0.0771 e. The Labute approximate surface area is 123 Å². The molecule has 2 N–H and O–H groups in total. The molecule has 0 bridgehead atoms. The first-order valence-electron chi connectivity index (χ1n) is 7.27. The van der Waals surface area contributed by atoms with E-state index in [1.54, 1.807) is 0 Å². The number of nitrogens with one attached hydrogen (secondary N) is 1. The van der Waals surface area contributed by atoms with Gasteiger partial charge in [0.15, 0.2) is 0 Å². The molecule has 0 amide bonds. The number of halogens is 1. The maximum Gasteiger partial charge on any atom is 0.0771 e. The Morgan fingerprint density at radius 1 is 1.37 bits per heavy atom. The Kier molecular flexibility index (Phi) is 5.03. The predicted octanol–water partition coefficient (Wildman–Crippen LogP) is 2.62. The van der Waals surface area contributed by atoms with Crippen molar-refractivity contribution < 1.29 is 5.11 Å². The van der Waals surface area contributed by atoms with Crippen molar-refractivity contribution in [2.24, 2.45) is 0 Å². The lowest BCUT2D eigenvalue weighted by Crippen LogP contribution is -2.38. The Balaban J connectivity index is 1.97. The van der Waals surface area contributed by atoms with Gasteiger partial charge < -0.3 is 10.4 Å². The van der Waals surface area contributed by atoms with Crippen LogP contribution < -0.4 is 5.32 Å². The first kappa shape index (κ1) is 15.0. The molecule has 1 aromatic heterocycles. The number of rotatable bonds is 6. The largest absolute Gasteiger partial charge is 0.389 e. The van der Waals surface area contributed by atoms with Crippen LogP contribution in [0.15, 0.2) is 4.47 Å². The van der Waals surface area contributed by atoms with E-state index in [1.165, 1.54) is 5.69 Å². The average Bonchev–Trinajstić information content (AvgIpc) is 2.95. The molecular weight excluding hydrogens is 306 g/mol. The molecule has 0 atom stereocenters. The Hall–Kier alpha value is -0.390. The molecule has 0 unspecified atom stereocenters. The summed E-state index contributed by atoms with van der Waals surface area (Å²) in [7, 11) is 0. The molecule has 19 heavy (non-hydrogen) atoms. The van der Waals surface area contributed by atoms with E-state index in [9.17, 15) is 5.11 Å². The fraction of sp³-hybridized carbons (Fsp3) is 0.786. The van der Waals surface area contributed by atoms with Crippen molar-refractivity contribution in [2.45, 2.75) is 64.6 Å². The minimum absolute atomic E-state index is 0.489. The van der Waals surface area contributed by atoms with Gasteiger partial charge in [0.1, 0.15) is 0 Å². The Morgan fingerprint density at radius 3 is 2.63 bits per heavy atom. The molecule has 1 heterocycles. The van der Waals surface area contributed by atoms with E-state index in [0.29, 0.717) is 6.54 Å². The van der Waals surface area contributed by atoms with Gasteiger partial charge in [-0.1, -0.05) is 19.8 Å². The van der Waals surface area contributed by atoms with Crippen molar-refractivity contribution in [1.82, 2.24) is 15.1 Å². The lowest BCUT2D eigenvalue weighted by atomic mass is 10.0. The zero-order valence-electron chi connectivity index (χ0n) is 11.9. The second-order valence-electron chi connectivity index (χ2n) is 5.41. The lowest BCUT2D eigenvalue weighted by molar-refractivity contribution is 0.0473. The van der Waals surface area contributed by atoms with Crippen LogP contribution in [-0.2, 0) is 19.5 Å². The van der Waals surface area contributed by atoms with Crippen molar-refractivity contribution in [3.63, 3.8) is 0 Å². The van der Waals surface area contributed by atoms with E-state index in [2.05, 4.69) is 40.2 Å². The first-order chi connectivity index (χ1) is 9.09. The SMILES string of the molecule is CCc1nn(CC)c(CNCC2(O)CCCC2)c1Br. The highest BCUT2D eigenvalue weighted by Crippen LogP contribution is 2.29. The minimum Gasteiger partial charge on any atom is -0.389 e. The predicted molar refractivity (Wildman–Crippen MR) is 80.1 cm³/mol. The second-order valence-corrected chi connectivity index (χ2v) is 6.20. The minimum atomic E-state index is -0.489. The van der Waals surface area contributed by atoms with Gasteiger partial charge in [0, 0.05) is 19.6 Å². The van der Waals surface area contributed by atoms with Crippen molar-refractivity contribution in [3.05, 3.63) is 15.9 Å². The lowest BCUT2D eigenvalue weighted by Gasteiger charge is -2.22. The van der Waals surface area contributed by atoms with Crippen LogP contribution in [0.5, 0.6) is 0 Å². The number of hydrogen-bond donors (Lipinski definition) is 2. The van der Waals surface area contributed by atoms with E-state index in [4.69, 9.17) is 0 Å². The van der Waals surface area contributed by atoms with Gasteiger partial charge >= 0.3 is 0 Å². The van der Waals surface area contributed by atoms with Crippen LogP contribution in [0.1, 0.15) is 50.9 Å². The topological polar surface area (TPSA) is 50.1 Å². The maximum absolute atomic E-state index is 10.3. The van der Waals surface area contributed by atoms with Crippen LogP contribution in [0.4, 0.5) is 0 Å². The summed E-state index contributed by atoms with van der Waals surface area (Å²) in [5, 5.41) is 18.3. The first-order valence-corrected chi connectivity index (χ1v) is 8.06. The number of hydrogen-bond acceptors (Lipinski definition) is 3. The summed E-state index contributed by atoms with van der Waals surface area (Å²) >= 11 is 3.64. The highest BCUT2D eigenvalue weighted by molar-refractivity contribution is 9.10. The van der Waals surface area contributed by atoms with Crippen molar-refractivity contribution in [1.29, 1.82) is 0 Å². The van der Waals surface area contributed by atoms with Gasteiger partial charge in [-0.15, -0.1) is 0 Å². The van der Waals surface area contributed by atoms with Gasteiger partial charge in [-0.3, -0.25) is 4.68 Å². The molecule has 4 nitrogen and oxygen atoms in total. The molecule has 1 aliphatic rings. The van der Waals surface area contributed by atoms with Crippen LogP contribution in [0.2, 0.25) is 0 Å². The fourth-order valence-electron chi connectivity index (χ4n) is 2.81. The summed E-state index contributed by atoms with van der Waals surface area (Å²) in [6.07, 6.45) is 5.08. The van der Waals surface area contributed by atoms with Crippen LogP contribution in [0, 0.1) is 0 Å². The second kappa shape index (κ2) is 6.37. The highest BCUT2D eigenvalue weighted by atomic mass is 79.9. The zero-order chi connectivity index (χ0) is 13.9. The van der Waals surface area contributed by atoms with Gasteiger partial charge in [0.05, 0.1) is 21.5 Å². The molecule has 5 heteroatoms. The monoisotopic (exact) mass is 329 g/mol. The van der Waals surface area contributed by atoms with Crippen LogP contribution in [0.3, 0.4) is 0 Å². The summed E-state index contributed by atoms with van der Waals surface area (Å²) in [4.78, 5) is 0. The molecule has 0 saturated heterocycles. The molecule has 108 valence electrons. The van der Waals surface area contributed by atoms with Crippen molar-refractivity contribution >= 4 is 15.9 Å². The van der Waals surface area contributed by atoms with E-state index in [0.717, 1.165) is 55.4 Å². The van der Waals surface area contributed by atoms with Crippen LogP contribution in [0.25, 0.3) is 0 Å². The third-order valence-electron chi connectivity index (χ3n) is 3.97. The third-order valence-corrected chi connectivity index (χ3v) is 4.89. The number of aromatic nitrogens is 2. The van der Waals surface area contributed by atoms with E-state index in [-0.39, 0.29) is 0 Å². The van der Waals surface area contributed by atoms with Gasteiger partial charge in [-0.2, -0.15) is 5.10 Å². The molecule has 1 saturated carbocycles. The standard InChI is InChI=1S/C14H24BrN3O/c1-3-11-13(15)12(18(4-2)17-11)9-16-10-14(19)7-5-6-8-14/h16,19H,3-10H2,1-2H3. The van der Waals surface area contributed by atoms with Crippen LogP contribution in [-0.4, -0.2) is 27.0 Å². The van der Waals surface area contributed by atoms with E-state index < -0.39 is 5.60 Å². The number of aryl methyl sites for hydroxylation is 2. The summed E-state index contributed by atoms with van der Waals surface area (Å²) in [5.74, 6) is 0. The van der Waals surface area contributed by atoms with Gasteiger partial charge in [0.2, 0.25) is 0 Å². The summed E-state index contributed by atoms with van der Waals surface area (Å²) in [6, 6.07) is 0. The Morgan fingerprint density at radius 2 is 2.05 bits per heavy atom. The molecule has 1 aliphatic carbocycles. The molecule has 0 spiro atoms.